The van der Waals surface area contributed by atoms with Crippen molar-refractivity contribution in [2.24, 2.45) is 0 Å². The summed E-state index contributed by atoms with van der Waals surface area (Å²) in [5.41, 5.74) is -1.26. The number of rotatable bonds is 6. The van der Waals surface area contributed by atoms with E-state index in [2.05, 4.69) is 9.47 Å². The summed E-state index contributed by atoms with van der Waals surface area (Å²) in [6, 6.07) is 0. The Morgan fingerprint density at radius 2 is 1.19 bits per heavy atom. The van der Waals surface area contributed by atoms with Crippen molar-refractivity contribution < 1.29 is 95.5 Å². The molecule has 7 nitrogen and oxygen atoms in total. The van der Waals surface area contributed by atoms with Gasteiger partial charge in [-0.1, -0.05) is 0 Å². The van der Waals surface area contributed by atoms with E-state index in [0.29, 0.717) is 0 Å². The first-order valence-corrected chi connectivity index (χ1v) is 12.3. The molecule has 0 aliphatic rings. The molecule has 0 aromatic carbocycles. The second kappa shape index (κ2) is 19.1. The van der Waals surface area contributed by atoms with Gasteiger partial charge in [0.15, 0.2) is 0 Å². The van der Waals surface area contributed by atoms with Crippen LogP contribution >= 0.6 is 14.3 Å². The molecule has 12 heteroatoms. The maximum Gasteiger partial charge on any atom is 0.316 e. The molecule has 0 aliphatic carbocycles. The van der Waals surface area contributed by atoms with Crippen LogP contribution < -0.4 is 0 Å². The van der Waals surface area contributed by atoms with Crippen LogP contribution in [0.4, 0.5) is 0 Å². The van der Waals surface area contributed by atoms with Gasteiger partial charge in [-0.3, -0.25) is 14.4 Å². The third-order valence-corrected chi connectivity index (χ3v) is 7.15. The Morgan fingerprint density at radius 1 is 0.852 bits per heavy atom. The maximum atomic E-state index is 11.6. The Bertz CT molecular complexity index is 532. The summed E-state index contributed by atoms with van der Waals surface area (Å²) < 4.78 is 31.7. The van der Waals surface area contributed by atoms with Crippen LogP contribution in [0.25, 0.3) is 0 Å². The number of carbonyl (C=O) groups excluding carboxylic acids is 3. The van der Waals surface area contributed by atoms with E-state index in [-0.39, 0.29) is 82.2 Å². The van der Waals surface area contributed by atoms with E-state index >= 15 is 0 Å². The smallest absolute Gasteiger partial charge is 0.316 e. The van der Waals surface area contributed by atoms with Gasteiger partial charge in [0.25, 0.3) is 0 Å². The number of hydrogen-bond acceptors (Lipinski definition) is 7. The summed E-state index contributed by atoms with van der Waals surface area (Å²) in [4.78, 5) is 32.7. The SMILES string of the molecule is COC(=O)C(C)P(C)(C)=O.COC(=O)C(CC(C)=O)P(C)(C)=O.[CH3-].[Pd].[W].[W]. The summed E-state index contributed by atoms with van der Waals surface area (Å²) in [5, 5.41) is 0. The molecule has 0 fully saturated rings. The van der Waals surface area contributed by atoms with Crippen molar-refractivity contribution in [3.05, 3.63) is 7.43 Å². The van der Waals surface area contributed by atoms with Gasteiger partial charge in [-0.2, -0.15) is 0 Å². The van der Waals surface area contributed by atoms with E-state index in [1.54, 1.807) is 20.3 Å². The minimum atomic E-state index is -2.60. The molecule has 0 saturated heterocycles. The maximum absolute atomic E-state index is 11.6. The summed E-state index contributed by atoms with van der Waals surface area (Å²) in [5.74, 6) is -1.11. The van der Waals surface area contributed by atoms with Gasteiger partial charge in [-0.05, 0) is 40.5 Å². The molecule has 0 heterocycles. The van der Waals surface area contributed by atoms with Crippen LogP contribution in [0, 0.1) is 7.43 Å². The number of carbonyl (C=O) groups is 3. The number of ether oxygens (including phenoxy) is 2. The van der Waals surface area contributed by atoms with E-state index in [1.165, 1.54) is 34.5 Å². The Morgan fingerprint density at radius 3 is 1.33 bits per heavy atom. The van der Waals surface area contributed by atoms with Crippen molar-refractivity contribution in [2.75, 3.05) is 40.9 Å². The fraction of sp³-hybridized carbons (Fsp3) is 0.733. The second-order valence-corrected chi connectivity index (χ2v) is 13.1. The van der Waals surface area contributed by atoms with E-state index in [0.717, 1.165) is 0 Å². The molecule has 2 unspecified atom stereocenters. The zero-order chi connectivity index (χ0) is 19.0. The molecule has 27 heavy (non-hydrogen) atoms. The molecule has 0 N–H and O–H groups in total. The fourth-order valence-electron chi connectivity index (χ4n) is 1.39. The fourth-order valence-corrected chi connectivity index (χ4v) is 3.31. The van der Waals surface area contributed by atoms with Gasteiger partial charge in [0.1, 0.15) is 17.1 Å². The molecule has 0 spiro atoms. The van der Waals surface area contributed by atoms with Gasteiger partial charge in [0.05, 0.1) is 28.5 Å². The standard InChI is InChI=1S/C8H15O4P.C6H13O3P.CH3.Pd.2W/c1-6(9)5-7(8(10)12-2)13(3,4)11;1-5(6(7)9-2)10(3,4)8;;;;/h7H,5H2,1-4H3;5H,1-4H3;1H3;;;/q;;-1;;;. The number of ketones is 1. The molecular formula is C15H31O7P2PdW2-. The van der Waals surface area contributed by atoms with E-state index < -0.39 is 37.5 Å². The van der Waals surface area contributed by atoms with Crippen molar-refractivity contribution in [2.45, 2.75) is 31.6 Å². The van der Waals surface area contributed by atoms with Crippen LogP contribution in [-0.4, -0.2) is 69.9 Å². The molecule has 0 radical (unpaired) electrons. The molecule has 0 aromatic heterocycles. The molecule has 166 valence electrons. The van der Waals surface area contributed by atoms with Crippen LogP contribution in [0.15, 0.2) is 0 Å². The van der Waals surface area contributed by atoms with E-state index in [4.69, 9.17) is 0 Å². The predicted molar refractivity (Wildman–Crippen MR) is 97.9 cm³/mol. The van der Waals surface area contributed by atoms with Crippen LogP contribution in [0.2, 0.25) is 0 Å². The van der Waals surface area contributed by atoms with Crippen LogP contribution in [-0.2, 0) is 95.5 Å². The average molecular weight is 859 g/mol. The Labute approximate surface area is 206 Å². The zero-order valence-corrected chi connectivity index (χ0v) is 26.5. The quantitative estimate of drug-likeness (QED) is 0.175. The topological polar surface area (TPSA) is 104 Å². The summed E-state index contributed by atoms with van der Waals surface area (Å²) >= 11 is 0. The number of Topliss-reactive ketones (excluding diaryl/α,β-unsaturated/α-hetero) is 1. The largest absolute Gasteiger partial charge is 0.468 e. The normalized spacial score (nSPS) is 11.9. The van der Waals surface area contributed by atoms with Crippen molar-refractivity contribution in [3.63, 3.8) is 0 Å². The Balaban J connectivity index is -0.0000000728. The molecule has 0 saturated carbocycles. The molecular weight excluding hydrogens is 828 g/mol. The van der Waals surface area contributed by atoms with Crippen LogP contribution in [0.3, 0.4) is 0 Å². The third kappa shape index (κ3) is 20.2. The number of hydrogen-bond donors (Lipinski definition) is 0. The molecule has 2 atom stereocenters. The minimum absolute atomic E-state index is 0. The molecule has 0 rings (SSSR count). The molecule has 0 amide bonds. The number of methoxy groups -OCH3 is 2. The summed E-state index contributed by atoms with van der Waals surface area (Å²) in [6.07, 6.45) is -0.00302. The van der Waals surface area contributed by atoms with Gasteiger partial charge in [-0.15, -0.1) is 0 Å². The van der Waals surface area contributed by atoms with Gasteiger partial charge in [0, 0.05) is 69.0 Å². The van der Waals surface area contributed by atoms with Crippen LogP contribution in [0.1, 0.15) is 20.3 Å². The summed E-state index contributed by atoms with van der Waals surface area (Å²) in [7, 11) is -2.37. The Kier molecular flexibility index (Phi) is 29.9. The van der Waals surface area contributed by atoms with E-state index in [1.807, 2.05) is 0 Å². The first kappa shape index (κ1) is 42.3. The molecule has 0 aromatic rings. The van der Waals surface area contributed by atoms with Crippen molar-refractivity contribution in [1.29, 1.82) is 0 Å². The average Bonchev–Trinajstić information content (AvgIpc) is 2.40. The zero-order valence-electron chi connectivity index (χ0n) is 17.2. The second-order valence-electron chi connectivity index (χ2n) is 6.01. The number of esters is 2. The van der Waals surface area contributed by atoms with Crippen molar-refractivity contribution >= 4 is 32.0 Å². The monoisotopic (exact) mass is 859 g/mol. The summed E-state index contributed by atoms with van der Waals surface area (Å²) in [6.45, 7) is 9.11. The third-order valence-electron chi connectivity index (χ3n) is 3.18. The van der Waals surface area contributed by atoms with Gasteiger partial charge < -0.3 is 26.0 Å². The van der Waals surface area contributed by atoms with Crippen molar-refractivity contribution in [3.8, 4) is 0 Å². The van der Waals surface area contributed by atoms with Gasteiger partial charge in [-0.25, -0.2) is 0 Å². The molecule has 0 aliphatic heterocycles. The first-order chi connectivity index (χ1) is 10.2. The van der Waals surface area contributed by atoms with Gasteiger partial charge in [0.2, 0.25) is 0 Å². The van der Waals surface area contributed by atoms with Crippen molar-refractivity contribution in [1.82, 2.24) is 0 Å². The minimum Gasteiger partial charge on any atom is -0.468 e. The first-order valence-electron chi connectivity index (χ1n) is 6.92. The van der Waals surface area contributed by atoms with Gasteiger partial charge >= 0.3 is 11.9 Å². The molecule has 0 bridgehead atoms. The Hall–Kier alpha value is 1.11. The predicted octanol–water partition coefficient (Wildman–Crippen LogP) is 2.74. The van der Waals surface area contributed by atoms with Crippen LogP contribution in [0.5, 0.6) is 0 Å². The van der Waals surface area contributed by atoms with E-state index in [9.17, 15) is 23.5 Å².